The van der Waals surface area contributed by atoms with Crippen LogP contribution in [-0.4, -0.2) is 35.3 Å². The Morgan fingerprint density at radius 3 is 2.57 bits per heavy atom. The predicted octanol–water partition coefficient (Wildman–Crippen LogP) is 4.02. The number of anilines is 1. The van der Waals surface area contributed by atoms with Crippen LogP contribution < -0.4 is 10.6 Å². The summed E-state index contributed by atoms with van der Waals surface area (Å²) in [6, 6.07) is 10.1. The van der Waals surface area contributed by atoms with Gasteiger partial charge in [0.15, 0.2) is 0 Å². The van der Waals surface area contributed by atoms with E-state index in [1.165, 1.54) is 18.4 Å². The molecule has 1 heterocycles. The van der Waals surface area contributed by atoms with E-state index in [0.29, 0.717) is 23.8 Å². The van der Waals surface area contributed by atoms with Crippen LogP contribution >= 0.6 is 11.3 Å². The third kappa shape index (κ3) is 5.00. The number of nitrogens with zero attached hydrogens (tertiary/aromatic N) is 1. The largest absolute Gasteiger partial charge is 0.349 e. The number of carbonyl (C=O) groups is 2. The lowest BCUT2D eigenvalue weighted by molar-refractivity contribution is -0.117. The van der Waals surface area contributed by atoms with E-state index in [4.69, 9.17) is 0 Å². The minimum Gasteiger partial charge on any atom is -0.349 e. The van der Waals surface area contributed by atoms with Gasteiger partial charge in [0.25, 0.3) is 5.91 Å². The maximum atomic E-state index is 12.7. The van der Waals surface area contributed by atoms with Crippen molar-refractivity contribution < 1.29 is 9.59 Å². The molecule has 2 fully saturated rings. The topological polar surface area (TPSA) is 61.4 Å². The van der Waals surface area contributed by atoms with Crippen LogP contribution in [0.3, 0.4) is 0 Å². The number of thiophene rings is 1. The van der Waals surface area contributed by atoms with Crippen molar-refractivity contribution in [2.45, 2.75) is 57.2 Å². The summed E-state index contributed by atoms with van der Waals surface area (Å²) in [6.45, 7) is 1.14. The van der Waals surface area contributed by atoms with Crippen molar-refractivity contribution in [3.8, 4) is 0 Å². The standard InChI is InChI=1S/C22H27N3O2S/c26-21(14-25(18-9-10-18)13-16-11-12-28-15-16)24-20-8-4-3-7-19(20)22(27)23-17-5-1-2-6-17/h3-4,7-8,11-12,15,17-18H,1-2,5-6,9-10,13-14H2,(H,23,27)(H,24,26). The van der Waals surface area contributed by atoms with Crippen molar-refractivity contribution >= 4 is 28.8 Å². The van der Waals surface area contributed by atoms with Gasteiger partial charge in [-0.1, -0.05) is 25.0 Å². The molecule has 2 amide bonds. The normalized spacial score (nSPS) is 17.0. The van der Waals surface area contributed by atoms with Gasteiger partial charge in [-0.3, -0.25) is 14.5 Å². The molecule has 0 radical (unpaired) electrons. The van der Waals surface area contributed by atoms with Crippen molar-refractivity contribution in [1.29, 1.82) is 0 Å². The Balaban J connectivity index is 1.39. The summed E-state index contributed by atoms with van der Waals surface area (Å²) in [5, 5.41) is 10.3. The van der Waals surface area contributed by atoms with E-state index >= 15 is 0 Å². The number of hydrogen-bond donors (Lipinski definition) is 2. The highest BCUT2D eigenvalue weighted by molar-refractivity contribution is 7.07. The Kier molecular flexibility index (Phi) is 6.07. The van der Waals surface area contributed by atoms with Crippen LogP contribution in [0.15, 0.2) is 41.1 Å². The van der Waals surface area contributed by atoms with Gasteiger partial charge in [0.2, 0.25) is 5.91 Å². The second kappa shape index (κ2) is 8.88. The van der Waals surface area contributed by atoms with Crippen molar-refractivity contribution in [2.75, 3.05) is 11.9 Å². The first-order valence-electron chi connectivity index (χ1n) is 10.1. The number of nitrogens with one attached hydrogen (secondary N) is 2. The number of benzene rings is 1. The molecule has 1 aromatic carbocycles. The van der Waals surface area contributed by atoms with E-state index in [1.807, 2.05) is 18.2 Å². The molecule has 0 saturated heterocycles. The van der Waals surface area contributed by atoms with Gasteiger partial charge in [0.05, 0.1) is 17.8 Å². The highest BCUT2D eigenvalue weighted by atomic mass is 32.1. The Labute approximate surface area is 170 Å². The number of amides is 2. The minimum absolute atomic E-state index is 0.0664. The molecule has 148 valence electrons. The molecule has 5 nitrogen and oxygen atoms in total. The maximum absolute atomic E-state index is 12.7. The first-order chi connectivity index (χ1) is 13.7. The SMILES string of the molecule is O=C(CN(Cc1ccsc1)C1CC1)Nc1ccccc1C(=O)NC1CCCC1. The molecule has 2 saturated carbocycles. The van der Waals surface area contributed by atoms with Gasteiger partial charge in [-0.2, -0.15) is 11.3 Å². The van der Waals surface area contributed by atoms with Gasteiger partial charge in [0, 0.05) is 18.6 Å². The van der Waals surface area contributed by atoms with Gasteiger partial charge in [-0.15, -0.1) is 0 Å². The average molecular weight is 398 g/mol. The molecule has 0 bridgehead atoms. The lowest BCUT2D eigenvalue weighted by Crippen LogP contribution is -2.36. The quantitative estimate of drug-likeness (QED) is 0.707. The molecule has 2 aliphatic carbocycles. The summed E-state index contributed by atoms with van der Waals surface area (Å²) in [5.41, 5.74) is 2.38. The Morgan fingerprint density at radius 2 is 1.86 bits per heavy atom. The van der Waals surface area contributed by atoms with Gasteiger partial charge in [0.1, 0.15) is 0 Å². The predicted molar refractivity (Wildman–Crippen MR) is 113 cm³/mol. The molecule has 2 N–H and O–H groups in total. The summed E-state index contributed by atoms with van der Waals surface area (Å²) in [5.74, 6) is -0.164. The lowest BCUT2D eigenvalue weighted by atomic mass is 10.1. The summed E-state index contributed by atoms with van der Waals surface area (Å²) >= 11 is 1.68. The van der Waals surface area contributed by atoms with E-state index in [1.54, 1.807) is 17.4 Å². The van der Waals surface area contributed by atoms with Crippen LogP contribution in [0.5, 0.6) is 0 Å². The van der Waals surface area contributed by atoms with Crippen molar-refractivity contribution in [3.05, 3.63) is 52.2 Å². The van der Waals surface area contributed by atoms with Crippen LogP contribution in [-0.2, 0) is 11.3 Å². The molecule has 0 aliphatic heterocycles. The zero-order chi connectivity index (χ0) is 19.3. The first-order valence-corrected chi connectivity index (χ1v) is 11.1. The summed E-state index contributed by atoms with van der Waals surface area (Å²) in [4.78, 5) is 27.6. The monoisotopic (exact) mass is 397 g/mol. The maximum Gasteiger partial charge on any atom is 0.253 e. The Bertz CT molecular complexity index is 811. The fourth-order valence-corrected chi connectivity index (χ4v) is 4.53. The van der Waals surface area contributed by atoms with Gasteiger partial charge < -0.3 is 10.6 Å². The van der Waals surface area contributed by atoms with E-state index in [9.17, 15) is 9.59 Å². The zero-order valence-corrected chi connectivity index (χ0v) is 16.8. The van der Waals surface area contributed by atoms with Crippen LogP contribution in [0.4, 0.5) is 5.69 Å². The first kappa shape index (κ1) is 19.2. The Hall–Kier alpha value is -2.18. The minimum atomic E-state index is -0.0971. The summed E-state index contributed by atoms with van der Waals surface area (Å²) < 4.78 is 0. The van der Waals surface area contributed by atoms with Gasteiger partial charge >= 0.3 is 0 Å². The fourth-order valence-electron chi connectivity index (χ4n) is 3.87. The van der Waals surface area contributed by atoms with Gasteiger partial charge in [-0.25, -0.2) is 0 Å². The number of para-hydroxylation sites is 1. The number of rotatable bonds is 8. The van der Waals surface area contributed by atoms with Crippen LogP contribution in [0, 0.1) is 0 Å². The molecule has 0 spiro atoms. The van der Waals surface area contributed by atoms with E-state index < -0.39 is 0 Å². The van der Waals surface area contributed by atoms with Gasteiger partial charge in [-0.05, 0) is 60.2 Å². The molecular weight excluding hydrogens is 370 g/mol. The third-order valence-electron chi connectivity index (χ3n) is 5.51. The highest BCUT2D eigenvalue weighted by Crippen LogP contribution is 2.28. The number of hydrogen-bond acceptors (Lipinski definition) is 4. The van der Waals surface area contributed by atoms with Crippen LogP contribution in [0.1, 0.15) is 54.4 Å². The molecule has 1 aromatic heterocycles. The molecule has 2 aliphatic rings. The average Bonchev–Trinajstić information content (AvgIpc) is 3.17. The second-order valence-corrected chi connectivity index (χ2v) is 8.60. The Morgan fingerprint density at radius 1 is 1.07 bits per heavy atom. The van der Waals surface area contributed by atoms with Crippen molar-refractivity contribution in [1.82, 2.24) is 10.2 Å². The zero-order valence-electron chi connectivity index (χ0n) is 16.0. The van der Waals surface area contributed by atoms with Crippen LogP contribution in [0.2, 0.25) is 0 Å². The highest BCUT2D eigenvalue weighted by Gasteiger charge is 2.30. The number of carbonyl (C=O) groups excluding carboxylic acids is 2. The third-order valence-corrected chi connectivity index (χ3v) is 6.24. The lowest BCUT2D eigenvalue weighted by Gasteiger charge is -2.21. The smallest absolute Gasteiger partial charge is 0.253 e. The van der Waals surface area contributed by atoms with Crippen LogP contribution in [0.25, 0.3) is 0 Å². The second-order valence-electron chi connectivity index (χ2n) is 7.82. The van der Waals surface area contributed by atoms with E-state index in [-0.39, 0.29) is 17.9 Å². The summed E-state index contributed by atoms with van der Waals surface area (Å²) in [7, 11) is 0. The molecule has 28 heavy (non-hydrogen) atoms. The fraction of sp³-hybridized carbons (Fsp3) is 0.455. The molecule has 2 aromatic rings. The molecule has 0 unspecified atom stereocenters. The van der Waals surface area contributed by atoms with E-state index in [2.05, 4.69) is 32.4 Å². The molecule has 4 rings (SSSR count). The van der Waals surface area contributed by atoms with Crippen molar-refractivity contribution in [2.24, 2.45) is 0 Å². The van der Waals surface area contributed by atoms with E-state index in [0.717, 1.165) is 32.2 Å². The summed E-state index contributed by atoms with van der Waals surface area (Å²) in [6.07, 6.45) is 6.73. The van der Waals surface area contributed by atoms with Crippen molar-refractivity contribution in [3.63, 3.8) is 0 Å². The molecule has 6 heteroatoms. The molecule has 0 atom stereocenters. The molecular formula is C22H27N3O2S.